The van der Waals surface area contributed by atoms with Crippen molar-refractivity contribution in [3.05, 3.63) is 57.9 Å². The molecule has 2 aromatic heterocycles. The van der Waals surface area contributed by atoms with Crippen LogP contribution in [-0.2, 0) is 11.3 Å². The molecule has 0 bridgehead atoms. The summed E-state index contributed by atoms with van der Waals surface area (Å²) in [6.45, 7) is 1.19. The number of halogens is 1. The summed E-state index contributed by atoms with van der Waals surface area (Å²) in [4.78, 5) is 15.4. The van der Waals surface area contributed by atoms with Gasteiger partial charge >= 0.3 is 0 Å². The molecule has 3 aromatic rings. The molecule has 0 saturated carbocycles. The minimum atomic E-state index is -0.216. The third kappa shape index (κ3) is 5.50. The average molecular weight is 475 g/mol. The summed E-state index contributed by atoms with van der Waals surface area (Å²) in [5, 5.41) is 9.12. The first-order valence-electron chi connectivity index (χ1n) is 10.7. The van der Waals surface area contributed by atoms with Crippen molar-refractivity contribution in [2.24, 2.45) is 0 Å². The molecule has 170 valence electrons. The van der Waals surface area contributed by atoms with E-state index in [4.69, 9.17) is 12.2 Å². The molecule has 0 spiro atoms. The molecule has 2 atom stereocenters. The number of carbonyl (C=O) groups is 1. The van der Waals surface area contributed by atoms with Gasteiger partial charge < -0.3 is 4.90 Å². The molecule has 3 heterocycles. The van der Waals surface area contributed by atoms with Crippen LogP contribution < -0.4 is 10.9 Å². The van der Waals surface area contributed by atoms with E-state index in [-0.39, 0.29) is 17.8 Å². The topological polar surface area (TPSA) is 78.0 Å². The quantitative estimate of drug-likeness (QED) is 0.408. The van der Waals surface area contributed by atoms with E-state index in [1.165, 1.54) is 6.07 Å². The molecular formula is C22H27FN6OS2. The van der Waals surface area contributed by atoms with Gasteiger partial charge in [-0.05, 0) is 60.6 Å². The monoisotopic (exact) mass is 474 g/mol. The van der Waals surface area contributed by atoms with E-state index in [0.717, 1.165) is 35.5 Å². The van der Waals surface area contributed by atoms with Crippen LogP contribution in [0.1, 0.15) is 37.3 Å². The Morgan fingerprint density at radius 3 is 3.00 bits per heavy atom. The molecule has 1 fully saturated rings. The highest BCUT2D eigenvalue weighted by atomic mass is 32.1. The number of benzene rings is 1. The van der Waals surface area contributed by atoms with Crippen molar-refractivity contribution in [2.45, 2.75) is 44.3 Å². The highest BCUT2D eigenvalue weighted by Gasteiger charge is 2.25. The fourth-order valence-corrected chi connectivity index (χ4v) is 4.92. The van der Waals surface area contributed by atoms with Crippen LogP contribution in [0.5, 0.6) is 0 Å². The van der Waals surface area contributed by atoms with E-state index < -0.39 is 0 Å². The maximum absolute atomic E-state index is 13.5. The lowest BCUT2D eigenvalue weighted by Crippen LogP contribution is -2.32. The molecular weight excluding hydrogens is 447 g/mol. The Morgan fingerprint density at radius 2 is 2.22 bits per heavy atom. The molecule has 1 aromatic carbocycles. The lowest BCUT2D eigenvalue weighted by molar-refractivity contribution is -0.130. The summed E-state index contributed by atoms with van der Waals surface area (Å²) in [5.41, 5.74) is 7.50. The fourth-order valence-electron chi connectivity index (χ4n) is 3.97. The number of hydrazine groups is 1. The average Bonchev–Trinajstić information content (AvgIpc) is 3.53. The first-order chi connectivity index (χ1) is 15.5. The van der Waals surface area contributed by atoms with Gasteiger partial charge in [-0.2, -0.15) is 5.10 Å². The number of rotatable bonds is 9. The summed E-state index contributed by atoms with van der Waals surface area (Å²) in [6, 6.07) is 11.1. The second-order valence-corrected chi connectivity index (χ2v) is 9.35. The molecule has 10 heteroatoms. The van der Waals surface area contributed by atoms with E-state index >= 15 is 0 Å². The van der Waals surface area contributed by atoms with Gasteiger partial charge in [-0.15, -0.1) is 11.3 Å². The van der Waals surface area contributed by atoms with Gasteiger partial charge in [0, 0.05) is 38.6 Å². The number of aromatic amines is 1. The fraction of sp³-hybridized carbons (Fsp3) is 0.409. The Kier molecular flexibility index (Phi) is 7.46. The molecule has 0 aliphatic carbocycles. The van der Waals surface area contributed by atoms with Crippen LogP contribution in [0.4, 0.5) is 4.39 Å². The van der Waals surface area contributed by atoms with Crippen molar-refractivity contribution in [2.75, 3.05) is 13.6 Å². The zero-order chi connectivity index (χ0) is 22.5. The minimum Gasteiger partial charge on any atom is -0.346 e. The number of H-pyrrole nitrogens is 1. The smallest absolute Gasteiger partial charge is 0.224 e. The Hall–Kier alpha value is -2.40. The van der Waals surface area contributed by atoms with Gasteiger partial charge in [0.2, 0.25) is 5.91 Å². The van der Waals surface area contributed by atoms with Gasteiger partial charge in [0.25, 0.3) is 0 Å². The Balaban J connectivity index is 1.21. The third-order valence-electron chi connectivity index (χ3n) is 5.75. The summed E-state index contributed by atoms with van der Waals surface area (Å²) in [7, 11) is 1.84. The van der Waals surface area contributed by atoms with Gasteiger partial charge in [0.15, 0.2) is 10.6 Å². The second kappa shape index (κ2) is 10.5. The standard InChI is InChI=1S/C22H27FN6OS2/c1-28(10-3-7-17-14-18(25-24-17)15-5-2-6-16(23)13-15)20(30)9-11-29-21(26-27-22(29)31)19-8-4-12-32-19/h2,4-6,8,12-13,17-18,24-25H,3,7,9-11,14H2,1H3,(H,27,31). The lowest BCUT2D eigenvalue weighted by Gasteiger charge is -2.18. The van der Waals surface area contributed by atoms with E-state index in [0.29, 0.717) is 30.3 Å². The van der Waals surface area contributed by atoms with Crippen LogP contribution >= 0.6 is 23.6 Å². The number of thiophene rings is 1. The number of aromatic nitrogens is 3. The van der Waals surface area contributed by atoms with Crippen LogP contribution in [0.3, 0.4) is 0 Å². The SMILES string of the molecule is CN(CCCC1CC(c2cccc(F)c2)NN1)C(=O)CCn1c(-c2cccs2)n[nH]c1=S. The lowest BCUT2D eigenvalue weighted by atomic mass is 9.99. The molecule has 1 aliphatic rings. The highest BCUT2D eigenvalue weighted by Crippen LogP contribution is 2.25. The predicted molar refractivity (Wildman–Crippen MR) is 126 cm³/mol. The van der Waals surface area contributed by atoms with Crippen LogP contribution in [0.15, 0.2) is 41.8 Å². The molecule has 1 saturated heterocycles. The van der Waals surface area contributed by atoms with Gasteiger partial charge in [-0.25, -0.2) is 4.39 Å². The maximum atomic E-state index is 13.5. The number of nitrogens with one attached hydrogen (secondary N) is 3. The van der Waals surface area contributed by atoms with Crippen molar-refractivity contribution in [3.8, 4) is 10.7 Å². The minimum absolute atomic E-state index is 0.0837. The van der Waals surface area contributed by atoms with E-state index in [1.54, 1.807) is 28.4 Å². The Morgan fingerprint density at radius 1 is 1.34 bits per heavy atom. The van der Waals surface area contributed by atoms with Crippen LogP contribution in [0, 0.1) is 10.6 Å². The summed E-state index contributed by atoms with van der Waals surface area (Å²) >= 11 is 6.93. The number of carbonyl (C=O) groups excluding carboxylic acids is 1. The zero-order valence-corrected chi connectivity index (χ0v) is 19.5. The largest absolute Gasteiger partial charge is 0.346 e. The Bertz CT molecular complexity index is 1100. The highest BCUT2D eigenvalue weighted by molar-refractivity contribution is 7.71. The maximum Gasteiger partial charge on any atom is 0.224 e. The summed E-state index contributed by atoms with van der Waals surface area (Å²) < 4.78 is 15.9. The number of nitrogens with zero attached hydrogens (tertiary/aromatic N) is 3. The third-order valence-corrected chi connectivity index (χ3v) is 6.93. The van der Waals surface area contributed by atoms with Gasteiger partial charge in [-0.1, -0.05) is 18.2 Å². The predicted octanol–water partition coefficient (Wildman–Crippen LogP) is 4.04. The van der Waals surface area contributed by atoms with Gasteiger partial charge in [0.05, 0.1) is 4.88 Å². The van der Waals surface area contributed by atoms with Crippen LogP contribution in [0.2, 0.25) is 0 Å². The number of hydrogen-bond acceptors (Lipinski definition) is 6. The normalized spacial score (nSPS) is 18.2. The van der Waals surface area contributed by atoms with Crippen molar-refractivity contribution in [3.63, 3.8) is 0 Å². The molecule has 1 aliphatic heterocycles. The second-order valence-electron chi connectivity index (χ2n) is 8.02. The van der Waals surface area contributed by atoms with Crippen LogP contribution in [0.25, 0.3) is 10.7 Å². The van der Waals surface area contributed by atoms with E-state index in [2.05, 4.69) is 21.0 Å². The molecule has 3 N–H and O–H groups in total. The zero-order valence-electron chi connectivity index (χ0n) is 17.9. The molecule has 0 radical (unpaired) electrons. The van der Waals surface area contributed by atoms with E-state index in [1.807, 2.05) is 35.2 Å². The van der Waals surface area contributed by atoms with Gasteiger partial charge in [-0.3, -0.25) is 25.3 Å². The first kappa shape index (κ1) is 22.8. The summed E-state index contributed by atoms with van der Waals surface area (Å²) in [5.74, 6) is 0.639. The van der Waals surface area contributed by atoms with Crippen molar-refractivity contribution >= 4 is 29.5 Å². The van der Waals surface area contributed by atoms with Crippen LogP contribution in [-0.4, -0.2) is 45.2 Å². The molecule has 1 amide bonds. The van der Waals surface area contributed by atoms with Crippen molar-refractivity contribution < 1.29 is 9.18 Å². The molecule has 2 unspecified atom stereocenters. The van der Waals surface area contributed by atoms with Gasteiger partial charge in [0.1, 0.15) is 5.82 Å². The summed E-state index contributed by atoms with van der Waals surface area (Å²) in [6.07, 6.45) is 3.09. The molecule has 4 rings (SSSR count). The molecule has 7 nitrogen and oxygen atoms in total. The number of amides is 1. The first-order valence-corrected chi connectivity index (χ1v) is 12.0. The van der Waals surface area contributed by atoms with Crippen molar-refractivity contribution in [1.82, 2.24) is 30.5 Å². The number of hydrogen-bond donors (Lipinski definition) is 3. The van der Waals surface area contributed by atoms with Crippen molar-refractivity contribution in [1.29, 1.82) is 0 Å². The Labute approximate surface area is 195 Å². The van der Waals surface area contributed by atoms with E-state index in [9.17, 15) is 9.18 Å². The molecule has 32 heavy (non-hydrogen) atoms.